The molecule has 0 fully saturated rings. The quantitative estimate of drug-likeness (QED) is 0.863. The number of hydrogen-bond acceptors (Lipinski definition) is 4. The standard InChI is InChI=1S/C15H12F4N2O3/c1-23-11-7-12(24-2)10(6-9(11)16)21-14(22)8-4-3-5-20-13(8)15(17,18)19/h3-7H,1-2H3,(H,21,22). The highest BCUT2D eigenvalue weighted by atomic mass is 19.4. The van der Waals surface area contributed by atoms with Gasteiger partial charge in [-0.2, -0.15) is 13.2 Å². The van der Waals surface area contributed by atoms with Gasteiger partial charge in [-0.15, -0.1) is 0 Å². The van der Waals surface area contributed by atoms with Crippen molar-refractivity contribution in [3.63, 3.8) is 0 Å². The summed E-state index contributed by atoms with van der Waals surface area (Å²) < 4.78 is 62.2. The smallest absolute Gasteiger partial charge is 0.434 e. The van der Waals surface area contributed by atoms with Gasteiger partial charge in [-0.3, -0.25) is 9.78 Å². The summed E-state index contributed by atoms with van der Waals surface area (Å²) in [5.41, 5.74) is -2.17. The molecule has 0 saturated heterocycles. The lowest BCUT2D eigenvalue weighted by Crippen LogP contribution is -2.20. The number of ether oxygens (including phenoxy) is 2. The average molecular weight is 344 g/mol. The molecule has 0 saturated carbocycles. The second kappa shape index (κ2) is 6.73. The van der Waals surface area contributed by atoms with E-state index in [1.54, 1.807) is 0 Å². The van der Waals surface area contributed by atoms with Gasteiger partial charge in [-0.25, -0.2) is 4.39 Å². The molecule has 0 radical (unpaired) electrons. The number of pyridine rings is 1. The molecule has 1 aromatic carbocycles. The molecular weight excluding hydrogens is 332 g/mol. The number of anilines is 1. The number of aromatic nitrogens is 1. The molecule has 24 heavy (non-hydrogen) atoms. The zero-order valence-corrected chi connectivity index (χ0v) is 12.6. The summed E-state index contributed by atoms with van der Waals surface area (Å²) in [5, 5.41) is 2.18. The van der Waals surface area contributed by atoms with Crippen LogP contribution in [0.15, 0.2) is 30.5 Å². The topological polar surface area (TPSA) is 60.5 Å². The van der Waals surface area contributed by atoms with Crippen LogP contribution >= 0.6 is 0 Å². The summed E-state index contributed by atoms with van der Waals surface area (Å²) in [5.74, 6) is -2.02. The molecular formula is C15H12F4N2O3. The van der Waals surface area contributed by atoms with Crippen LogP contribution in [0.4, 0.5) is 23.2 Å². The molecule has 128 valence electrons. The fourth-order valence-corrected chi connectivity index (χ4v) is 1.96. The number of alkyl halides is 3. The van der Waals surface area contributed by atoms with E-state index in [4.69, 9.17) is 9.47 Å². The Bertz CT molecular complexity index is 763. The Kier molecular flexibility index (Phi) is 4.91. The summed E-state index contributed by atoms with van der Waals surface area (Å²) in [6.45, 7) is 0. The summed E-state index contributed by atoms with van der Waals surface area (Å²) in [6.07, 6.45) is -3.88. The van der Waals surface area contributed by atoms with E-state index in [2.05, 4.69) is 10.3 Å². The van der Waals surface area contributed by atoms with Gasteiger partial charge in [0.25, 0.3) is 5.91 Å². The molecule has 1 heterocycles. The van der Waals surface area contributed by atoms with E-state index in [1.165, 1.54) is 26.4 Å². The Hall–Kier alpha value is -2.84. The number of benzene rings is 1. The van der Waals surface area contributed by atoms with Crippen LogP contribution in [0.3, 0.4) is 0 Å². The molecule has 0 aliphatic rings. The minimum atomic E-state index is -4.80. The van der Waals surface area contributed by atoms with E-state index in [-0.39, 0.29) is 17.2 Å². The molecule has 5 nitrogen and oxygen atoms in total. The first-order chi connectivity index (χ1) is 11.3. The molecule has 0 aliphatic carbocycles. The number of halogens is 4. The molecule has 1 N–H and O–H groups in total. The van der Waals surface area contributed by atoms with Crippen LogP contribution in [0, 0.1) is 5.82 Å². The van der Waals surface area contributed by atoms with Crippen molar-refractivity contribution in [1.82, 2.24) is 4.98 Å². The number of nitrogens with zero attached hydrogens (tertiary/aromatic N) is 1. The highest BCUT2D eigenvalue weighted by molar-refractivity contribution is 6.05. The monoisotopic (exact) mass is 344 g/mol. The maximum Gasteiger partial charge on any atom is 0.434 e. The minimum Gasteiger partial charge on any atom is -0.494 e. The third-order valence-electron chi connectivity index (χ3n) is 3.04. The lowest BCUT2D eigenvalue weighted by molar-refractivity contribution is -0.141. The predicted molar refractivity (Wildman–Crippen MR) is 76.7 cm³/mol. The van der Waals surface area contributed by atoms with Crippen LogP contribution in [0.25, 0.3) is 0 Å². The zero-order valence-electron chi connectivity index (χ0n) is 12.6. The Morgan fingerprint density at radius 1 is 1.17 bits per heavy atom. The van der Waals surface area contributed by atoms with Crippen LogP contribution in [0.5, 0.6) is 11.5 Å². The molecule has 2 rings (SSSR count). The summed E-state index contributed by atoms with van der Waals surface area (Å²) >= 11 is 0. The van der Waals surface area contributed by atoms with Crippen molar-refractivity contribution in [3.8, 4) is 11.5 Å². The van der Waals surface area contributed by atoms with Gasteiger partial charge in [-0.1, -0.05) is 0 Å². The van der Waals surface area contributed by atoms with Gasteiger partial charge in [-0.05, 0) is 12.1 Å². The SMILES string of the molecule is COc1cc(OC)c(NC(=O)c2cccnc2C(F)(F)F)cc1F. The predicted octanol–water partition coefficient (Wildman–Crippen LogP) is 3.51. The lowest BCUT2D eigenvalue weighted by atomic mass is 10.1. The minimum absolute atomic E-state index is 0.0269. The van der Waals surface area contributed by atoms with Crippen LogP contribution < -0.4 is 14.8 Å². The van der Waals surface area contributed by atoms with Crippen LogP contribution in [0.1, 0.15) is 16.1 Å². The van der Waals surface area contributed by atoms with Crippen LogP contribution in [-0.4, -0.2) is 25.1 Å². The first kappa shape index (κ1) is 17.5. The van der Waals surface area contributed by atoms with Crippen LogP contribution in [-0.2, 0) is 6.18 Å². The summed E-state index contributed by atoms with van der Waals surface area (Å²) in [7, 11) is 2.49. The number of carbonyl (C=O) groups is 1. The summed E-state index contributed by atoms with van der Waals surface area (Å²) in [4.78, 5) is 15.3. The Balaban J connectivity index is 2.40. The maximum atomic E-state index is 13.8. The lowest BCUT2D eigenvalue weighted by Gasteiger charge is -2.14. The Morgan fingerprint density at radius 2 is 1.83 bits per heavy atom. The second-order valence-corrected chi connectivity index (χ2v) is 4.54. The highest BCUT2D eigenvalue weighted by Crippen LogP contribution is 2.34. The number of hydrogen-bond donors (Lipinski definition) is 1. The molecule has 0 aliphatic heterocycles. The number of rotatable bonds is 4. The molecule has 1 aromatic heterocycles. The first-order valence-electron chi connectivity index (χ1n) is 6.53. The van der Waals surface area contributed by atoms with Crippen molar-refractivity contribution < 1.29 is 31.8 Å². The first-order valence-corrected chi connectivity index (χ1v) is 6.53. The normalized spacial score (nSPS) is 11.1. The molecule has 2 aromatic rings. The third-order valence-corrected chi connectivity index (χ3v) is 3.04. The van der Waals surface area contributed by atoms with Gasteiger partial charge in [0.1, 0.15) is 5.75 Å². The highest BCUT2D eigenvalue weighted by Gasteiger charge is 2.37. The third kappa shape index (κ3) is 3.55. The van der Waals surface area contributed by atoms with Gasteiger partial charge in [0.05, 0.1) is 25.5 Å². The van der Waals surface area contributed by atoms with Crippen molar-refractivity contribution in [3.05, 3.63) is 47.5 Å². The fraction of sp³-hybridized carbons (Fsp3) is 0.200. The number of methoxy groups -OCH3 is 2. The van der Waals surface area contributed by atoms with E-state index < -0.39 is 29.2 Å². The van der Waals surface area contributed by atoms with Crippen LogP contribution in [0.2, 0.25) is 0 Å². The fourth-order valence-electron chi connectivity index (χ4n) is 1.96. The van der Waals surface area contributed by atoms with Crippen molar-refractivity contribution in [2.24, 2.45) is 0 Å². The van der Waals surface area contributed by atoms with Crippen molar-refractivity contribution in [2.45, 2.75) is 6.18 Å². The van der Waals surface area contributed by atoms with Crippen molar-refractivity contribution in [2.75, 3.05) is 19.5 Å². The number of nitrogens with one attached hydrogen (secondary N) is 1. The van der Waals surface area contributed by atoms with Gasteiger partial charge >= 0.3 is 6.18 Å². The van der Waals surface area contributed by atoms with Crippen molar-refractivity contribution >= 4 is 11.6 Å². The average Bonchev–Trinajstić information content (AvgIpc) is 2.54. The Morgan fingerprint density at radius 3 is 2.42 bits per heavy atom. The van der Waals surface area contributed by atoms with E-state index in [9.17, 15) is 22.4 Å². The molecule has 0 unspecified atom stereocenters. The number of amides is 1. The maximum absolute atomic E-state index is 13.8. The van der Waals surface area contributed by atoms with Gasteiger partial charge in [0.15, 0.2) is 17.3 Å². The second-order valence-electron chi connectivity index (χ2n) is 4.54. The largest absolute Gasteiger partial charge is 0.494 e. The molecule has 0 atom stereocenters. The van der Waals surface area contributed by atoms with Gasteiger partial charge in [0.2, 0.25) is 0 Å². The summed E-state index contributed by atoms with van der Waals surface area (Å²) in [6, 6.07) is 4.21. The Labute approximate surface area is 134 Å². The number of carbonyl (C=O) groups excluding carboxylic acids is 1. The molecule has 1 amide bonds. The van der Waals surface area contributed by atoms with E-state index in [0.29, 0.717) is 0 Å². The van der Waals surface area contributed by atoms with E-state index in [1.807, 2.05) is 0 Å². The van der Waals surface area contributed by atoms with Gasteiger partial charge < -0.3 is 14.8 Å². The zero-order chi connectivity index (χ0) is 17.9. The van der Waals surface area contributed by atoms with Crippen molar-refractivity contribution in [1.29, 1.82) is 0 Å². The molecule has 9 heteroatoms. The molecule has 0 bridgehead atoms. The molecule has 0 spiro atoms. The van der Waals surface area contributed by atoms with E-state index in [0.717, 1.165) is 18.3 Å². The van der Waals surface area contributed by atoms with E-state index >= 15 is 0 Å². The van der Waals surface area contributed by atoms with Gasteiger partial charge in [0, 0.05) is 18.3 Å².